The first-order chi connectivity index (χ1) is 8.39. The van der Waals surface area contributed by atoms with E-state index in [-0.39, 0.29) is 11.5 Å². The predicted molar refractivity (Wildman–Crippen MR) is 79.2 cm³/mol. The lowest BCUT2D eigenvalue weighted by molar-refractivity contribution is 0.464. The summed E-state index contributed by atoms with van der Waals surface area (Å²) < 4.78 is 33.5. The molecule has 0 aliphatic rings. The molecular weight excluding hydrogens is 270 g/mol. The van der Waals surface area contributed by atoms with E-state index < -0.39 is 20.6 Å². The van der Waals surface area contributed by atoms with E-state index in [9.17, 15) is 12.6 Å². The van der Waals surface area contributed by atoms with Crippen molar-refractivity contribution >= 4 is 20.6 Å². The molecule has 1 N–H and O–H groups in total. The second-order valence-electron chi connectivity index (χ2n) is 4.68. The molecule has 0 aliphatic carbocycles. The first-order valence-electron chi connectivity index (χ1n) is 6.65. The maximum atomic E-state index is 11.6. The zero-order valence-electron chi connectivity index (χ0n) is 11.8. The minimum absolute atomic E-state index is 0.0326. The van der Waals surface area contributed by atoms with Gasteiger partial charge in [0.25, 0.3) is 0 Å². The minimum Gasteiger partial charge on any atom is -0.314 e. The van der Waals surface area contributed by atoms with Crippen molar-refractivity contribution < 1.29 is 12.6 Å². The Morgan fingerprint density at radius 2 is 1.89 bits per heavy atom. The largest absolute Gasteiger partial charge is 0.314 e. The molecule has 0 amide bonds. The first kappa shape index (κ1) is 18.1. The van der Waals surface area contributed by atoms with Gasteiger partial charge in [-0.2, -0.15) is 0 Å². The number of nitrogens with one attached hydrogen (secondary N) is 1. The molecule has 2 atom stereocenters. The fourth-order valence-electron chi connectivity index (χ4n) is 1.64. The van der Waals surface area contributed by atoms with E-state index in [4.69, 9.17) is 0 Å². The van der Waals surface area contributed by atoms with E-state index >= 15 is 0 Å². The topological polar surface area (TPSA) is 63.2 Å². The van der Waals surface area contributed by atoms with Gasteiger partial charge in [-0.3, -0.25) is 4.21 Å². The molecule has 0 aromatic rings. The Labute approximate surface area is 114 Å². The lowest BCUT2D eigenvalue weighted by atomic mass is 10.1. The summed E-state index contributed by atoms with van der Waals surface area (Å²) >= 11 is 0. The van der Waals surface area contributed by atoms with Crippen molar-refractivity contribution in [2.75, 3.05) is 30.1 Å². The summed E-state index contributed by atoms with van der Waals surface area (Å²) in [6.45, 7) is 5.31. The average molecular weight is 297 g/mol. The molecule has 0 spiro atoms. The van der Waals surface area contributed by atoms with E-state index in [2.05, 4.69) is 19.2 Å². The Morgan fingerprint density at radius 3 is 2.39 bits per heavy atom. The van der Waals surface area contributed by atoms with Gasteiger partial charge in [0, 0.05) is 34.6 Å². The zero-order chi connectivity index (χ0) is 14.0. The van der Waals surface area contributed by atoms with E-state index in [1.54, 1.807) is 0 Å². The van der Waals surface area contributed by atoms with Crippen molar-refractivity contribution in [1.29, 1.82) is 0 Å². The van der Waals surface area contributed by atoms with Crippen molar-refractivity contribution in [2.24, 2.45) is 0 Å². The SMILES string of the molecule is CCCNC(CC)CCCS(=O)CCS(C)(=O)=O. The standard InChI is InChI=1S/C12H27NO3S2/c1-4-8-13-12(5-2)7-6-9-17(14)10-11-18(3,15)16/h12-13H,4-11H2,1-3H3. The highest BCUT2D eigenvalue weighted by molar-refractivity contribution is 7.92. The molecule has 0 heterocycles. The molecule has 110 valence electrons. The van der Waals surface area contributed by atoms with Crippen LogP contribution in [0.25, 0.3) is 0 Å². The van der Waals surface area contributed by atoms with Crippen molar-refractivity contribution in [2.45, 2.75) is 45.6 Å². The number of rotatable bonds is 11. The van der Waals surface area contributed by atoms with Crippen LogP contribution in [0.5, 0.6) is 0 Å². The Hall–Kier alpha value is 0.0600. The van der Waals surface area contributed by atoms with Gasteiger partial charge in [0.15, 0.2) is 0 Å². The number of hydrogen-bond donors (Lipinski definition) is 1. The first-order valence-corrected chi connectivity index (χ1v) is 10.2. The molecule has 0 aliphatic heterocycles. The normalized spacial score (nSPS) is 15.5. The van der Waals surface area contributed by atoms with Crippen LogP contribution in [-0.4, -0.2) is 48.7 Å². The molecule has 2 unspecified atom stereocenters. The van der Waals surface area contributed by atoms with Crippen LogP contribution in [0.4, 0.5) is 0 Å². The summed E-state index contributed by atoms with van der Waals surface area (Å²) in [5.41, 5.74) is 0. The van der Waals surface area contributed by atoms with Crippen molar-refractivity contribution in [1.82, 2.24) is 5.32 Å². The van der Waals surface area contributed by atoms with Gasteiger partial charge in [-0.25, -0.2) is 8.42 Å². The number of hydrogen-bond acceptors (Lipinski definition) is 4. The summed E-state index contributed by atoms with van der Waals surface area (Å²) in [4.78, 5) is 0. The van der Waals surface area contributed by atoms with Gasteiger partial charge in [0.05, 0.1) is 5.75 Å². The minimum atomic E-state index is -2.98. The van der Waals surface area contributed by atoms with Crippen LogP contribution in [0, 0.1) is 0 Å². The van der Waals surface area contributed by atoms with Crippen molar-refractivity contribution in [3.63, 3.8) is 0 Å². The third-order valence-corrected chi connectivity index (χ3v) is 5.39. The molecule has 6 heteroatoms. The van der Waals surface area contributed by atoms with Crippen molar-refractivity contribution in [3.8, 4) is 0 Å². The summed E-state index contributed by atoms with van der Waals surface area (Å²) in [7, 11) is -3.98. The highest BCUT2D eigenvalue weighted by atomic mass is 32.2. The van der Waals surface area contributed by atoms with E-state index in [0.29, 0.717) is 11.8 Å². The highest BCUT2D eigenvalue weighted by Crippen LogP contribution is 2.03. The third-order valence-electron chi connectivity index (χ3n) is 2.78. The molecular formula is C12H27NO3S2. The summed E-state index contributed by atoms with van der Waals surface area (Å²) in [5, 5.41) is 3.45. The molecule has 0 bridgehead atoms. The lowest BCUT2D eigenvalue weighted by Gasteiger charge is -2.16. The molecule has 18 heavy (non-hydrogen) atoms. The Balaban J connectivity index is 3.72. The van der Waals surface area contributed by atoms with Gasteiger partial charge >= 0.3 is 0 Å². The predicted octanol–water partition coefficient (Wildman–Crippen LogP) is 1.34. The van der Waals surface area contributed by atoms with E-state index in [0.717, 1.165) is 32.2 Å². The molecule has 0 radical (unpaired) electrons. The monoisotopic (exact) mass is 297 g/mol. The number of sulfone groups is 1. The Morgan fingerprint density at radius 1 is 1.22 bits per heavy atom. The van der Waals surface area contributed by atoms with E-state index in [1.807, 2.05) is 0 Å². The second-order valence-corrected chi connectivity index (χ2v) is 8.64. The van der Waals surface area contributed by atoms with Crippen LogP contribution in [0.1, 0.15) is 39.5 Å². The maximum Gasteiger partial charge on any atom is 0.148 e. The van der Waals surface area contributed by atoms with Crippen LogP contribution in [0.3, 0.4) is 0 Å². The van der Waals surface area contributed by atoms with Crippen LogP contribution in [0.15, 0.2) is 0 Å². The van der Waals surface area contributed by atoms with Crippen LogP contribution in [-0.2, 0) is 20.6 Å². The molecule has 0 fully saturated rings. The van der Waals surface area contributed by atoms with Crippen LogP contribution in [0.2, 0.25) is 0 Å². The smallest absolute Gasteiger partial charge is 0.148 e. The summed E-state index contributed by atoms with van der Waals surface area (Å²) in [6, 6.07) is 0.497. The van der Waals surface area contributed by atoms with Gasteiger partial charge in [0.2, 0.25) is 0 Å². The maximum absolute atomic E-state index is 11.6. The Bertz CT molecular complexity index is 328. The highest BCUT2D eigenvalue weighted by Gasteiger charge is 2.09. The van der Waals surface area contributed by atoms with Gasteiger partial charge < -0.3 is 5.32 Å². The molecule has 0 rings (SSSR count). The quantitative estimate of drug-likeness (QED) is 0.625. The van der Waals surface area contributed by atoms with Gasteiger partial charge in [-0.1, -0.05) is 13.8 Å². The van der Waals surface area contributed by atoms with Crippen LogP contribution < -0.4 is 5.32 Å². The average Bonchev–Trinajstić information content (AvgIpc) is 2.30. The van der Waals surface area contributed by atoms with Gasteiger partial charge in [0.1, 0.15) is 9.84 Å². The molecule has 0 aromatic heterocycles. The fourth-order valence-corrected chi connectivity index (χ4v) is 4.28. The third kappa shape index (κ3) is 11.2. The van der Waals surface area contributed by atoms with E-state index in [1.165, 1.54) is 6.26 Å². The zero-order valence-corrected chi connectivity index (χ0v) is 13.4. The van der Waals surface area contributed by atoms with Gasteiger partial charge in [-0.15, -0.1) is 0 Å². The molecule has 0 saturated heterocycles. The second kappa shape index (κ2) is 9.92. The van der Waals surface area contributed by atoms with Crippen LogP contribution >= 0.6 is 0 Å². The molecule has 0 saturated carbocycles. The summed E-state index contributed by atoms with van der Waals surface area (Å²) in [6.07, 6.45) is 5.30. The van der Waals surface area contributed by atoms with Gasteiger partial charge in [-0.05, 0) is 32.2 Å². The van der Waals surface area contributed by atoms with Crippen molar-refractivity contribution in [3.05, 3.63) is 0 Å². The summed E-state index contributed by atoms with van der Waals surface area (Å²) in [5.74, 6) is 0.919. The fraction of sp³-hybridized carbons (Fsp3) is 1.00. The lowest BCUT2D eigenvalue weighted by Crippen LogP contribution is -2.29. The Kier molecular flexibility index (Phi) is 9.95. The molecule has 4 nitrogen and oxygen atoms in total. The molecule has 0 aromatic carbocycles.